The summed E-state index contributed by atoms with van der Waals surface area (Å²) in [5.41, 5.74) is 5.34. The third-order valence-electron chi connectivity index (χ3n) is 5.43. The fourth-order valence-corrected chi connectivity index (χ4v) is 3.68. The molecule has 0 saturated heterocycles. The lowest BCUT2D eigenvalue weighted by Crippen LogP contribution is -2.15. The molecule has 1 heterocycles. The minimum Gasteiger partial charge on any atom is -0.391 e. The van der Waals surface area contributed by atoms with Gasteiger partial charge in [0, 0.05) is 23.0 Å². The van der Waals surface area contributed by atoms with Crippen LogP contribution in [0.2, 0.25) is 0 Å². The Labute approximate surface area is 181 Å². The third-order valence-corrected chi connectivity index (χ3v) is 5.43. The van der Waals surface area contributed by atoms with Crippen molar-refractivity contribution in [3.05, 3.63) is 94.6 Å². The van der Waals surface area contributed by atoms with Crippen LogP contribution < -0.4 is 5.32 Å². The average molecular weight is 417 g/mol. The molecule has 1 amide bonds. The Balaban J connectivity index is 1.51. The van der Waals surface area contributed by atoms with E-state index in [0.29, 0.717) is 12.3 Å². The summed E-state index contributed by atoms with van der Waals surface area (Å²) in [4.78, 5) is 22.0. The van der Waals surface area contributed by atoms with Gasteiger partial charge in [-0.3, -0.25) is 9.78 Å². The average Bonchev–Trinajstić information content (AvgIpc) is 2.98. The Bertz CT molecular complexity index is 1110. The zero-order valence-corrected chi connectivity index (χ0v) is 17.4. The number of fused-ring (bicyclic) bond motifs is 1. The van der Waals surface area contributed by atoms with Crippen LogP contribution >= 0.6 is 0 Å². The summed E-state index contributed by atoms with van der Waals surface area (Å²) < 4.78 is 13.7. The van der Waals surface area contributed by atoms with Crippen LogP contribution in [0.4, 0.5) is 10.1 Å². The molecule has 0 fully saturated rings. The molecule has 0 unspecified atom stereocenters. The molecule has 0 atom stereocenters. The van der Waals surface area contributed by atoms with Crippen molar-refractivity contribution in [2.24, 2.45) is 5.16 Å². The quantitative estimate of drug-likeness (QED) is 0.445. The van der Waals surface area contributed by atoms with E-state index in [1.165, 1.54) is 6.20 Å². The summed E-state index contributed by atoms with van der Waals surface area (Å²) >= 11 is 0. The number of halogens is 1. The lowest BCUT2D eigenvalue weighted by atomic mass is 10.0. The van der Waals surface area contributed by atoms with Crippen molar-refractivity contribution in [3.63, 3.8) is 0 Å². The maximum absolute atomic E-state index is 13.7. The molecular weight excluding hydrogens is 393 g/mol. The number of hydrogen-bond donors (Lipinski definition) is 1. The summed E-state index contributed by atoms with van der Waals surface area (Å²) in [6.45, 7) is 2.00. The van der Waals surface area contributed by atoms with Gasteiger partial charge in [-0.25, -0.2) is 4.39 Å². The van der Waals surface area contributed by atoms with Gasteiger partial charge in [0.05, 0.1) is 17.5 Å². The van der Waals surface area contributed by atoms with Crippen molar-refractivity contribution in [3.8, 4) is 0 Å². The number of aromatic nitrogens is 1. The second kappa shape index (κ2) is 9.51. The molecule has 0 saturated carbocycles. The summed E-state index contributed by atoms with van der Waals surface area (Å²) in [7, 11) is 0. The van der Waals surface area contributed by atoms with Crippen LogP contribution in [-0.2, 0) is 17.9 Å². The van der Waals surface area contributed by atoms with Crippen molar-refractivity contribution in [1.29, 1.82) is 0 Å². The highest BCUT2D eigenvalue weighted by molar-refractivity contribution is 6.06. The molecule has 2 aromatic carbocycles. The molecule has 158 valence electrons. The number of aryl methyl sites for hydroxylation is 1. The highest BCUT2D eigenvalue weighted by atomic mass is 19.1. The SMILES string of the molecule is Cc1c(F)cncc1C(=O)Nc1ccc2c(c1)CCCC/C2=N\OCc1ccccc1. The molecule has 1 aliphatic carbocycles. The number of amides is 1. The zero-order valence-electron chi connectivity index (χ0n) is 17.4. The number of nitrogens with one attached hydrogen (secondary N) is 1. The van der Waals surface area contributed by atoms with Gasteiger partial charge in [0.1, 0.15) is 12.4 Å². The van der Waals surface area contributed by atoms with Crippen LogP contribution in [0, 0.1) is 12.7 Å². The first kappa shape index (κ1) is 20.7. The molecule has 1 aromatic heterocycles. The smallest absolute Gasteiger partial charge is 0.257 e. The van der Waals surface area contributed by atoms with Gasteiger partial charge in [-0.05, 0) is 55.9 Å². The second-order valence-corrected chi connectivity index (χ2v) is 7.62. The predicted molar refractivity (Wildman–Crippen MR) is 119 cm³/mol. The molecule has 1 N–H and O–H groups in total. The predicted octanol–water partition coefficient (Wildman–Crippen LogP) is 5.43. The Morgan fingerprint density at radius 1 is 1.13 bits per heavy atom. The van der Waals surface area contributed by atoms with Crippen molar-refractivity contribution in [2.45, 2.75) is 39.2 Å². The van der Waals surface area contributed by atoms with Crippen LogP contribution in [0.1, 0.15) is 51.9 Å². The molecule has 3 aromatic rings. The van der Waals surface area contributed by atoms with E-state index in [4.69, 9.17) is 4.84 Å². The number of benzene rings is 2. The van der Waals surface area contributed by atoms with Gasteiger partial charge in [-0.2, -0.15) is 0 Å². The van der Waals surface area contributed by atoms with Gasteiger partial charge >= 0.3 is 0 Å². The molecule has 0 bridgehead atoms. The van der Waals surface area contributed by atoms with Crippen LogP contribution in [0.5, 0.6) is 0 Å². The van der Waals surface area contributed by atoms with Crippen LogP contribution in [-0.4, -0.2) is 16.6 Å². The van der Waals surface area contributed by atoms with Crippen molar-refractivity contribution in [1.82, 2.24) is 4.98 Å². The Hall–Kier alpha value is -3.54. The fraction of sp³-hybridized carbons (Fsp3) is 0.240. The minimum atomic E-state index is -0.495. The number of nitrogens with zero attached hydrogens (tertiary/aromatic N) is 2. The number of carbonyl (C=O) groups excluding carboxylic acids is 1. The molecule has 5 nitrogen and oxygen atoms in total. The number of carbonyl (C=O) groups is 1. The van der Waals surface area contributed by atoms with E-state index in [1.54, 1.807) is 6.92 Å². The second-order valence-electron chi connectivity index (χ2n) is 7.62. The van der Waals surface area contributed by atoms with Crippen molar-refractivity contribution in [2.75, 3.05) is 5.32 Å². The molecule has 4 rings (SSSR count). The van der Waals surface area contributed by atoms with Gasteiger partial charge in [-0.1, -0.05) is 41.6 Å². The lowest BCUT2D eigenvalue weighted by molar-refractivity contribution is 0.102. The Kier molecular flexibility index (Phi) is 6.36. The van der Waals surface area contributed by atoms with E-state index < -0.39 is 5.82 Å². The number of oxime groups is 1. The first-order chi connectivity index (χ1) is 15.1. The molecule has 1 aliphatic rings. The molecule has 31 heavy (non-hydrogen) atoms. The Morgan fingerprint density at radius 3 is 2.77 bits per heavy atom. The van der Waals surface area contributed by atoms with Gasteiger partial charge in [0.2, 0.25) is 0 Å². The summed E-state index contributed by atoms with van der Waals surface area (Å²) in [5.74, 6) is -0.871. The first-order valence-electron chi connectivity index (χ1n) is 10.4. The topological polar surface area (TPSA) is 63.6 Å². The van der Waals surface area contributed by atoms with E-state index in [-0.39, 0.29) is 17.0 Å². The fourth-order valence-electron chi connectivity index (χ4n) is 3.68. The van der Waals surface area contributed by atoms with E-state index >= 15 is 0 Å². The summed E-state index contributed by atoms with van der Waals surface area (Å²) in [6, 6.07) is 15.7. The van der Waals surface area contributed by atoms with Crippen LogP contribution in [0.15, 0.2) is 66.1 Å². The molecule has 0 aliphatic heterocycles. The summed E-state index contributed by atoms with van der Waals surface area (Å²) in [6.07, 6.45) is 6.30. The number of rotatable bonds is 5. The zero-order chi connectivity index (χ0) is 21.6. The first-order valence-corrected chi connectivity index (χ1v) is 10.4. The van der Waals surface area contributed by atoms with Gasteiger partial charge < -0.3 is 10.2 Å². The molecular formula is C25H24FN3O2. The number of pyridine rings is 1. The van der Waals surface area contributed by atoms with Gasteiger partial charge in [0.25, 0.3) is 5.91 Å². The lowest BCUT2D eigenvalue weighted by Gasteiger charge is -2.12. The van der Waals surface area contributed by atoms with Crippen LogP contribution in [0.25, 0.3) is 0 Å². The molecule has 0 spiro atoms. The Morgan fingerprint density at radius 2 is 1.94 bits per heavy atom. The molecule has 6 heteroatoms. The van der Waals surface area contributed by atoms with E-state index in [2.05, 4.69) is 15.5 Å². The number of hydrogen-bond acceptors (Lipinski definition) is 4. The monoisotopic (exact) mass is 417 g/mol. The summed E-state index contributed by atoms with van der Waals surface area (Å²) in [5, 5.41) is 7.28. The maximum atomic E-state index is 13.7. The largest absolute Gasteiger partial charge is 0.391 e. The minimum absolute atomic E-state index is 0.228. The molecule has 0 radical (unpaired) electrons. The normalized spacial score (nSPS) is 14.6. The van der Waals surface area contributed by atoms with E-state index in [1.807, 2.05) is 48.5 Å². The van der Waals surface area contributed by atoms with Crippen LogP contribution in [0.3, 0.4) is 0 Å². The maximum Gasteiger partial charge on any atom is 0.257 e. The number of anilines is 1. The standard InChI is InChI=1S/C25H24FN3O2/c1-17-22(14-27-15-23(17)26)25(30)28-20-11-12-21-19(13-20)9-5-6-10-24(21)29-31-16-18-7-3-2-4-8-18/h2-4,7-8,11-15H,5-6,9-10,16H2,1H3,(H,28,30)/b29-24+. The van der Waals surface area contributed by atoms with E-state index in [0.717, 1.165) is 54.3 Å². The third kappa shape index (κ3) is 4.97. The van der Waals surface area contributed by atoms with E-state index in [9.17, 15) is 9.18 Å². The van der Waals surface area contributed by atoms with Gasteiger partial charge in [-0.15, -0.1) is 0 Å². The highest BCUT2D eigenvalue weighted by Crippen LogP contribution is 2.25. The highest BCUT2D eigenvalue weighted by Gasteiger charge is 2.17. The van der Waals surface area contributed by atoms with Crippen molar-refractivity contribution >= 4 is 17.3 Å². The van der Waals surface area contributed by atoms with Gasteiger partial charge in [0.15, 0.2) is 0 Å². The van der Waals surface area contributed by atoms with Crippen molar-refractivity contribution < 1.29 is 14.0 Å².